The zero-order valence-corrected chi connectivity index (χ0v) is 11.7. The molecule has 0 radical (unpaired) electrons. The average molecular weight is 268 g/mol. The van der Waals surface area contributed by atoms with Gasteiger partial charge in [-0.3, -0.25) is 11.3 Å². The number of fused-ring (bicyclic) bond motifs is 1. The highest BCUT2D eigenvalue weighted by Gasteiger charge is 2.10. The van der Waals surface area contributed by atoms with Crippen molar-refractivity contribution in [3.8, 4) is 18.1 Å². The van der Waals surface area contributed by atoms with Gasteiger partial charge in [-0.2, -0.15) is 0 Å². The summed E-state index contributed by atoms with van der Waals surface area (Å²) in [6.45, 7) is 0. The van der Waals surface area contributed by atoms with Gasteiger partial charge in [-0.25, -0.2) is 0 Å². The molecule has 0 saturated heterocycles. The summed E-state index contributed by atoms with van der Waals surface area (Å²) in [7, 11) is 1.68. The van der Waals surface area contributed by atoms with Crippen molar-refractivity contribution in [1.82, 2.24) is 5.43 Å². The van der Waals surface area contributed by atoms with Crippen LogP contribution in [-0.4, -0.2) is 13.2 Å². The topological polar surface area (TPSA) is 47.3 Å². The van der Waals surface area contributed by atoms with E-state index in [4.69, 9.17) is 17.0 Å². The number of hydrogen-bond donors (Lipinski definition) is 2. The number of hydrazine groups is 1. The Morgan fingerprint density at radius 2 is 2.20 bits per heavy atom. The van der Waals surface area contributed by atoms with E-state index in [2.05, 4.69) is 41.7 Å². The third-order valence-corrected chi connectivity index (χ3v) is 3.52. The van der Waals surface area contributed by atoms with Crippen LogP contribution >= 0.6 is 0 Å². The first-order chi connectivity index (χ1) is 9.78. The number of hydrogen-bond acceptors (Lipinski definition) is 3. The molecule has 3 N–H and O–H groups in total. The van der Waals surface area contributed by atoms with Crippen molar-refractivity contribution in [2.75, 3.05) is 7.11 Å². The predicted molar refractivity (Wildman–Crippen MR) is 83.4 cm³/mol. The van der Waals surface area contributed by atoms with Crippen LogP contribution < -0.4 is 16.0 Å². The third-order valence-electron chi connectivity index (χ3n) is 3.52. The summed E-state index contributed by atoms with van der Waals surface area (Å²) in [5.41, 5.74) is 4.10. The van der Waals surface area contributed by atoms with Crippen LogP contribution in [0.3, 0.4) is 0 Å². The molecule has 1 unspecified atom stereocenters. The molecule has 0 spiro atoms. The van der Waals surface area contributed by atoms with Crippen LogP contribution in [0.1, 0.15) is 18.4 Å². The first-order valence-electron chi connectivity index (χ1n) is 6.73. The fraction of sp³-hybridized carbons (Fsp3) is 0.294. The summed E-state index contributed by atoms with van der Waals surface area (Å²) in [5.74, 6) is 9.14. The van der Waals surface area contributed by atoms with E-state index in [1.807, 2.05) is 6.07 Å². The fourth-order valence-electron chi connectivity index (χ4n) is 2.39. The van der Waals surface area contributed by atoms with Gasteiger partial charge in [0, 0.05) is 12.5 Å². The second kappa shape index (κ2) is 6.95. The maximum Gasteiger partial charge on any atom is 0.119 e. The first kappa shape index (κ1) is 14.4. The average Bonchev–Trinajstić information content (AvgIpc) is 2.51. The van der Waals surface area contributed by atoms with E-state index in [0.29, 0.717) is 0 Å². The largest absolute Gasteiger partial charge is 0.497 e. The molecule has 3 heteroatoms. The Balaban J connectivity index is 2.30. The van der Waals surface area contributed by atoms with Crippen LogP contribution in [0.2, 0.25) is 0 Å². The van der Waals surface area contributed by atoms with E-state index < -0.39 is 0 Å². The van der Waals surface area contributed by atoms with Crippen molar-refractivity contribution in [2.24, 2.45) is 5.84 Å². The molecule has 0 bridgehead atoms. The molecule has 2 rings (SSSR count). The molecule has 0 aliphatic heterocycles. The molecule has 2 aromatic rings. The van der Waals surface area contributed by atoms with E-state index in [0.717, 1.165) is 25.0 Å². The second-order valence-corrected chi connectivity index (χ2v) is 4.81. The zero-order valence-electron chi connectivity index (χ0n) is 11.7. The van der Waals surface area contributed by atoms with Crippen LogP contribution in [0.4, 0.5) is 0 Å². The van der Waals surface area contributed by atoms with E-state index in [-0.39, 0.29) is 6.04 Å². The Labute approximate surface area is 120 Å². The SMILES string of the molecule is C#CCCC(Cc1cccc2ccc(OC)cc12)NN. The number of benzene rings is 2. The minimum atomic E-state index is 0.183. The summed E-state index contributed by atoms with van der Waals surface area (Å²) in [5, 5.41) is 2.41. The number of rotatable bonds is 6. The Morgan fingerprint density at radius 1 is 1.35 bits per heavy atom. The first-order valence-corrected chi connectivity index (χ1v) is 6.73. The van der Waals surface area contributed by atoms with Crippen LogP contribution in [0, 0.1) is 12.3 Å². The molecule has 0 heterocycles. The van der Waals surface area contributed by atoms with E-state index in [9.17, 15) is 0 Å². The van der Waals surface area contributed by atoms with Gasteiger partial charge in [-0.15, -0.1) is 12.3 Å². The molecule has 0 saturated carbocycles. The van der Waals surface area contributed by atoms with Crippen LogP contribution in [0.5, 0.6) is 5.75 Å². The molecule has 0 aliphatic rings. The monoisotopic (exact) mass is 268 g/mol. The standard InChI is InChI=1S/C17H20N2O/c1-3-4-8-15(19-18)11-14-7-5-6-13-9-10-16(20-2)12-17(13)14/h1,5-7,9-10,12,15,19H,4,8,11,18H2,2H3. The molecule has 104 valence electrons. The zero-order chi connectivity index (χ0) is 14.4. The van der Waals surface area contributed by atoms with Gasteiger partial charge in [0.15, 0.2) is 0 Å². The Kier molecular flexibility index (Phi) is 5.00. The number of terminal acetylenes is 1. The Hall–Kier alpha value is -2.02. The van der Waals surface area contributed by atoms with Gasteiger partial charge in [0.1, 0.15) is 5.75 Å². The lowest BCUT2D eigenvalue weighted by molar-refractivity contribution is 0.415. The van der Waals surface area contributed by atoms with E-state index >= 15 is 0 Å². The normalized spacial score (nSPS) is 12.1. The van der Waals surface area contributed by atoms with Crippen molar-refractivity contribution in [1.29, 1.82) is 0 Å². The maximum absolute atomic E-state index is 5.62. The van der Waals surface area contributed by atoms with Gasteiger partial charge in [0.05, 0.1) is 7.11 Å². The summed E-state index contributed by atoms with van der Waals surface area (Å²) in [6.07, 6.45) is 7.76. The molecule has 1 atom stereocenters. The van der Waals surface area contributed by atoms with Crippen molar-refractivity contribution >= 4 is 10.8 Å². The van der Waals surface area contributed by atoms with Gasteiger partial charge in [0.2, 0.25) is 0 Å². The molecular weight excluding hydrogens is 248 g/mol. The lowest BCUT2D eigenvalue weighted by Crippen LogP contribution is -2.36. The smallest absolute Gasteiger partial charge is 0.119 e. The second-order valence-electron chi connectivity index (χ2n) is 4.81. The highest BCUT2D eigenvalue weighted by atomic mass is 16.5. The van der Waals surface area contributed by atoms with Gasteiger partial charge in [-0.1, -0.05) is 24.3 Å². The number of nitrogens with one attached hydrogen (secondary N) is 1. The molecule has 2 aromatic carbocycles. The van der Waals surface area contributed by atoms with Gasteiger partial charge in [-0.05, 0) is 41.3 Å². The fourth-order valence-corrected chi connectivity index (χ4v) is 2.39. The highest BCUT2D eigenvalue weighted by molar-refractivity contribution is 5.87. The molecule has 0 amide bonds. The highest BCUT2D eigenvalue weighted by Crippen LogP contribution is 2.25. The summed E-state index contributed by atoms with van der Waals surface area (Å²) >= 11 is 0. The van der Waals surface area contributed by atoms with E-state index in [1.165, 1.54) is 16.3 Å². The summed E-state index contributed by atoms with van der Waals surface area (Å²) < 4.78 is 5.31. The summed E-state index contributed by atoms with van der Waals surface area (Å²) in [6, 6.07) is 12.6. The molecule has 0 aliphatic carbocycles. The molecular formula is C17H20N2O. The maximum atomic E-state index is 5.62. The van der Waals surface area contributed by atoms with Crippen LogP contribution in [-0.2, 0) is 6.42 Å². The minimum Gasteiger partial charge on any atom is -0.497 e. The van der Waals surface area contributed by atoms with Gasteiger partial charge < -0.3 is 4.74 Å². The molecule has 20 heavy (non-hydrogen) atoms. The minimum absolute atomic E-state index is 0.183. The van der Waals surface area contributed by atoms with Crippen LogP contribution in [0.25, 0.3) is 10.8 Å². The van der Waals surface area contributed by atoms with Crippen molar-refractivity contribution in [3.05, 3.63) is 42.0 Å². The van der Waals surface area contributed by atoms with Crippen molar-refractivity contribution in [3.63, 3.8) is 0 Å². The lowest BCUT2D eigenvalue weighted by atomic mass is 9.97. The lowest BCUT2D eigenvalue weighted by Gasteiger charge is -2.16. The van der Waals surface area contributed by atoms with Gasteiger partial charge >= 0.3 is 0 Å². The molecule has 3 nitrogen and oxygen atoms in total. The van der Waals surface area contributed by atoms with Crippen LogP contribution in [0.15, 0.2) is 36.4 Å². The Morgan fingerprint density at radius 3 is 2.90 bits per heavy atom. The van der Waals surface area contributed by atoms with E-state index in [1.54, 1.807) is 7.11 Å². The number of methoxy groups -OCH3 is 1. The summed E-state index contributed by atoms with van der Waals surface area (Å²) in [4.78, 5) is 0. The molecule has 0 aromatic heterocycles. The molecule has 0 fully saturated rings. The van der Waals surface area contributed by atoms with Crippen molar-refractivity contribution in [2.45, 2.75) is 25.3 Å². The predicted octanol–water partition coefficient (Wildman–Crippen LogP) is 2.64. The van der Waals surface area contributed by atoms with Gasteiger partial charge in [0.25, 0.3) is 0 Å². The van der Waals surface area contributed by atoms with Crippen molar-refractivity contribution < 1.29 is 4.74 Å². The quantitative estimate of drug-likeness (QED) is 0.481. The third kappa shape index (κ3) is 3.30. The number of ether oxygens (including phenoxy) is 1. The Bertz CT molecular complexity index is 616. The number of nitrogens with two attached hydrogens (primary N) is 1.